The SMILES string of the molecule is [C-]#[N+]c1cc(-n2c3ccccc3c3c4oc5ccccc5c4ccc32)cc(C#N)c1-n1c2ccc(C(C)(C)C)cc2c2cc(C(C)(C)C)ccc21. The van der Waals surface area contributed by atoms with Gasteiger partial charge in [0.15, 0.2) is 0 Å². The number of hydrogen-bond acceptors (Lipinski definition) is 2. The molecule has 0 unspecified atom stereocenters. The van der Waals surface area contributed by atoms with E-state index in [1.165, 1.54) is 11.1 Å². The third kappa shape index (κ3) is 4.45. The van der Waals surface area contributed by atoms with Crippen molar-refractivity contribution in [2.45, 2.75) is 52.4 Å². The maximum atomic E-state index is 10.9. The Morgan fingerprint density at radius 1 is 0.608 bits per heavy atom. The van der Waals surface area contributed by atoms with Gasteiger partial charge in [-0.15, -0.1) is 0 Å². The van der Waals surface area contributed by atoms with Crippen LogP contribution < -0.4 is 0 Å². The van der Waals surface area contributed by atoms with Crippen LogP contribution in [0.4, 0.5) is 5.69 Å². The van der Waals surface area contributed by atoms with Crippen molar-refractivity contribution in [2.24, 2.45) is 0 Å². The molecule has 0 bridgehead atoms. The van der Waals surface area contributed by atoms with E-state index in [-0.39, 0.29) is 10.8 Å². The van der Waals surface area contributed by atoms with Gasteiger partial charge in [0.25, 0.3) is 0 Å². The van der Waals surface area contributed by atoms with Crippen molar-refractivity contribution in [3.05, 3.63) is 137 Å². The third-order valence-electron chi connectivity index (χ3n) is 10.5. The fourth-order valence-corrected chi connectivity index (χ4v) is 7.85. The van der Waals surface area contributed by atoms with Crippen molar-refractivity contribution in [2.75, 3.05) is 0 Å². The van der Waals surface area contributed by atoms with Gasteiger partial charge in [0.1, 0.15) is 17.2 Å². The summed E-state index contributed by atoms with van der Waals surface area (Å²) in [5, 5.41) is 17.3. The quantitative estimate of drug-likeness (QED) is 0.173. The summed E-state index contributed by atoms with van der Waals surface area (Å²) in [6.45, 7) is 21.9. The second-order valence-corrected chi connectivity index (χ2v) is 15.7. The number of furan rings is 1. The van der Waals surface area contributed by atoms with Crippen molar-refractivity contribution in [3.8, 4) is 17.4 Å². The van der Waals surface area contributed by atoms with Gasteiger partial charge >= 0.3 is 0 Å². The summed E-state index contributed by atoms with van der Waals surface area (Å²) < 4.78 is 10.8. The molecular weight excluding hydrogens is 625 g/mol. The molecule has 0 aliphatic carbocycles. The Kier molecular flexibility index (Phi) is 6.39. The van der Waals surface area contributed by atoms with E-state index in [9.17, 15) is 5.26 Å². The van der Waals surface area contributed by atoms with Crippen LogP contribution in [0.3, 0.4) is 0 Å². The molecule has 0 aliphatic heterocycles. The highest BCUT2D eigenvalue weighted by Crippen LogP contribution is 2.44. The molecule has 9 rings (SSSR count). The lowest BCUT2D eigenvalue weighted by Gasteiger charge is -2.19. The first kappa shape index (κ1) is 30.7. The molecule has 0 saturated carbocycles. The van der Waals surface area contributed by atoms with Gasteiger partial charge in [-0.1, -0.05) is 90.1 Å². The first-order chi connectivity index (χ1) is 24.5. The number of nitriles is 1. The maximum Gasteiger partial charge on any atom is 0.214 e. The van der Waals surface area contributed by atoms with E-state index < -0.39 is 0 Å². The molecule has 9 aromatic rings. The third-order valence-corrected chi connectivity index (χ3v) is 10.5. The molecule has 246 valence electrons. The number of benzene rings is 6. The summed E-state index contributed by atoms with van der Waals surface area (Å²) in [7, 11) is 0. The van der Waals surface area contributed by atoms with Gasteiger partial charge in [0, 0.05) is 32.6 Å². The minimum absolute atomic E-state index is 0.0400. The molecule has 0 atom stereocenters. The average molecular weight is 661 g/mol. The smallest absolute Gasteiger partial charge is 0.214 e. The van der Waals surface area contributed by atoms with Gasteiger partial charge < -0.3 is 13.6 Å². The molecule has 0 spiro atoms. The molecule has 3 aromatic heterocycles. The summed E-state index contributed by atoms with van der Waals surface area (Å²) in [5.41, 5.74) is 10.2. The van der Waals surface area contributed by atoms with Crippen LogP contribution in [-0.4, -0.2) is 9.13 Å². The molecule has 0 fully saturated rings. The second kappa shape index (κ2) is 10.6. The first-order valence-corrected chi connectivity index (χ1v) is 17.4. The lowest BCUT2D eigenvalue weighted by molar-refractivity contribution is 0.590. The molecule has 5 nitrogen and oxygen atoms in total. The van der Waals surface area contributed by atoms with Crippen LogP contribution in [0.15, 0.2) is 114 Å². The zero-order chi connectivity index (χ0) is 35.4. The van der Waals surface area contributed by atoms with Crippen LogP contribution in [-0.2, 0) is 10.8 Å². The van der Waals surface area contributed by atoms with Crippen molar-refractivity contribution >= 4 is 71.2 Å². The zero-order valence-corrected chi connectivity index (χ0v) is 29.6. The Morgan fingerprint density at radius 3 is 1.82 bits per heavy atom. The molecule has 0 saturated heterocycles. The van der Waals surface area contributed by atoms with E-state index in [4.69, 9.17) is 11.0 Å². The normalized spacial score (nSPS) is 12.5. The predicted molar refractivity (Wildman–Crippen MR) is 211 cm³/mol. The highest BCUT2D eigenvalue weighted by atomic mass is 16.3. The number of hydrogen-bond donors (Lipinski definition) is 0. The van der Waals surface area contributed by atoms with E-state index in [1.807, 2.05) is 42.5 Å². The molecule has 3 heterocycles. The van der Waals surface area contributed by atoms with Crippen LogP contribution >= 0.6 is 0 Å². The van der Waals surface area contributed by atoms with Crippen molar-refractivity contribution < 1.29 is 4.42 Å². The Balaban J connectivity index is 1.35. The molecule has 5 heteroatoms. The van der Waals surface area contributed by atoms with Crippen LogP contribution in [0.2, 0.25) is 0 Å². The largest absolute Gasteiger partial charge is 0.455 e. The van der Waals surface area contributed by atoms with Gasteiger partial charge in [0.2, 0.25) is 5.69 Å². The van der Waals surface area contributed by atoms with E-state index in [0.717, 1.165) is 71.2 Å². The molecule has 0 amide bonds. The van der Waals surface area contributed by atoms with Crippen LogP contribution in [0, 0.1) is 17.9 Å². The van der Waals surface area contributed by atoms with Gasteiger partial charge in [-0.3, -0.25) is 0 Å². The number of rotatable bonds is 2. The molecule has 0 aliphatic rings. The summed E-state index contributed by atoms with van der Waals surface area (Å²) >= 11 is 0. The number of aromatic nitrogens is 2. The Hall–Kier alpha value is -6.30. The van der Waals surface area contributed by atoms with Gasteiger partial charge in [-0.05, 0) is 82.6 Å². The summed E-state index contributed by atoms with van der Waals surface area (Å²) in [6.07, 6.45) is 0. The van der Waals surface area contributed by atoms with Crippen LogP contribution in [0.25, 0.3) is 81.8 Å². The predicted octanol–water partition coefficient (Wildman–Crippen LogP) is 12.8. The van der Waals surface area contributed by atoms with Gasteiger partial charge in [-0.2, -0.15) is 5.26 Å². The van der Waals surface area contributed by atoms with Crippen LogP contribution in [0.1, 0.15) is 58.2 Å². The summed E-state index contributed by atoms with van der Waals surface area (Å²) in [6, 6.07) is 40.3. The standard InChI is InChI=1S/C46H36N4O/c1-45(2,3)28-16-19-38-34(23-28)35-24-29(46(4,5)6)17-20-39(35)50(38)43-27(26-47)22-30(25-36(43)48-7)49-37-14-10-8-13-33(37)42-40(49)21-18-32-31-12-9-11-15-41(31)51-44(32)42/h8-25H,1-6H3. The first-order valence-electron chi connectivity index (χ1n) is 17.4. The Bertz CT molecular complexity index is 2900. The van der Waals surface area contributed by atoms with Crippen molar-refractivity contribution in [1.82, 2.24) is 9.13 Å². The highest BCUT2D eigenvalue weighted by Gasteiger charge is 2.25. The minimum Gasteiger partial charge on any atom is -0.455 e. The Morgan fingerprint density at radius 2 is 1.20 bits per heavy atom. The van der Waals surface area contributed by atoms with E-state index in [1.54, 1.807) is 0 Å². The maximum absolute atomic E-state index is 10.9. The summed E-state index contributed by atoms with van der Waals surface area (Å²) in [5.74, 6) is 0. The van der Waals surface area contributed by atoms with Crippen molar-refractivity contribution in [3.63, 3.8) is 0 Å². The fourth-order valence-electron chi connectivity index (χ4n) is 7.85. The second-order valence-electron chi connectivity index (χ2n) is 15.7. The van der Waals surface area contributed by atoms with Crippen molar-refractivity contribution in [1.29, 1.82) is 5.26 Å². The minimum atomic E-state index is -0.0400. The lowest BCUT2D eigenvalue weighted by atomic mass is 9.85. The number of para-hydroxylation sites is 2. The zero-order valence-electron chi connectivity index (χ0n) is 29.6. The number of fused-ring (bicyclic) bond motifs is 10. The molecular formula is C46H36N4O. The topological polar surface area (TPSA) is 51.1 Å². The van der Waals surface area contributed by atoms with E-state index >= 15 is 0 Å². The van der Waals surface area contributed by atoms with Crippen LogP contribution in [0.5, 0.6) is 0 Å². The van der Waals surface area contributed by atoms with E-state index in [0.29, 0.717) is 16.9 Å². The average Bonchev–Trinajstić information content (AvgIpc) is 3.77. The van der Waals surface area contributed by atoms with E-state index in [2.05, 4.69) is 128 Å². The fraction of sp³-hybridized carbons (Fsp3) is 0.174. The summed E-state index contributed by atoms with van der Waals surface area (Å²) in [4.78, 5) is 4.12. The lowest BCUT2D eigenvalue weighted by Crippen LogP contribution is -2.10. The van der Waals surface area contributed by atoms with Gasteiger partial charge in [0.05, 0.1) is 45.3 Å². The molecule has 0 N–H and O–H groups in total. The molecule has 51 heavy (non-hydrogen) atoms. The molecule has 0 radical (unpaired) electrons. The Labute approximate surface area is 296 Å². The van der Waals surface area contributed by atoms with Gasteiger partial charge in [-0.25, -0.2) is 4.85 Å². The monoisotopic (exact) mass is 660 g/mol. The number of nitrogens with zero attached hydrogens (tertiary/aromatic N) is 4. The highest BCUT2D eigenvalue weighted by molar-refractivity contribution is 6.24. The molecule has 6 aromatic carbocycles.